The molecule has 0 spiro atoms. The summed E-state index contributed by atoms with van der Waals surface area (Å²) in [5, 5.41) is 12.9. The number of amides is 1. The normalized spacial score (nSPS) is 13.0. The molecule has 0 aromatic heterocycles. The first kappa shape index (κ1) is 16.8. The summed E-state index contributed by atoms with van der Waals surface area (Å²) in [6, 6.07) is 4.09. The Morgan fingerprint density at radius 2 is 1.95 bits per heavy atom. The third kappa shape index (κ3) is 4.95. The molecule has 0 aliphatic carbocycles. The Balaban J connectivity index is 2.83. The first-order chi connectivity index (χ1) is 9.85. The Bertz CT molecular complexity index is 572. The summed E-state index contributed by atoms with van der Waals surface area (Å²) in [4.78, 5) is 32.8. The van der Waals surface area contributed by atoms with E-state index in [0.717, 1.165) is 7.11 Å². The van der Waals surface area contributed by atoms with E-state index in [1.54, 1.807) is 0 Å². The molecule has 0 heterocycles. The molecule has 0 radical (unpaired) electrons. The number of nitro benzene ring substituents is 1. The van der Waals surface area contributed by atoms with E-state index in [1.165, 1.54) is 31.2 Å². The maximum absolute atomic E-state index is 12.1. The van der Waals surface area contributed by atoms with Crippen molar-refractivity contribution >= 4 is 28.4 Å². The van der Waals surface area contributed by atoms with E-state index in [0.29, 0.717) is 4.90 Å². The van der Waals surface area contributed by atoms with E-state index in [9.17, 15) is 23.9 Å². The fourth-order valence-electron chi connectivity index (χ4n) is 1.52. The van der Waals surface area contributed by atoms with Crippen molar-refractivity contribution in [2.75, 3.05) is 12.9 Å². The van der Waals surface area contributed by atoms with Crippen LogP contribution in [0.2, 0.25) is 0 Å². The molecular formula is C12H14N2O6S. The van der Waals surface area contributed by atoms with Gasteiger partial charge in [0.15, 0.2) is 0 Å². The number of methoxy groups -OCH3 is 1. The molecule has 2 atom stereocenters. The van der Waals surface area contributed by atoms with Crippen LogP contribution in [0, 0.1) is 10.1 Å². The quantitative estimate of drug-likeness (QED) is 0.461. The molecule has 9 heteroatoms. The number of nitrogens with one attached hydrogen (secondary N) is 1. The lowest BCUT2D eigenvalue weighted by molar-refractivity contribution is -0.384. The van der Waals surface area contributed by atoms with Crippen molar-refractivity contribution in [3.63, 3.8) is 0 Å². The van der Waals surface area contributed by atoms with Gasteiger partial charge >= 0.3 is 5.97 Å². The SMILES string of the molecule is COC(=O)C(CS(=O)c1ccc([N+](=O)[O-])cc1)NC(C)=O. The number of nitrogens with zero attached hydrogens (tertiary/aromatic N) is 1. The van der Waals surface area contributed by atoms with Crippen LogP contribution in [0.5, 0.6) is 0 Å². The number of hydrogen-bond acceptors (Lipinski definition) is 6. The van der Waals surface area contributed by atoms with E-state index in [1.807, 2.05) is 0 Å². The smallest absolute Gasteiger partial charge is 0.329 e. The molecule has 21 heavy (non-hydrogen) atoms. The lowest BCUT2D eigenvalue weighted by atomic mass is 10.3. The molecule has 1 N–H and O–H groups in total. The minimum Gasteiger partial charge on any atom is -0.467 e. The maximum atomic E-state index is 12.1. The molecule has 1 aromatic carbocycles. The second kappa shape index (κ2) is 7.48. The third-order valence-corrected chi connectivity index (χ3v) is 3.93. The summed E-state index contributed by atoms with van der Waals surface area (Å²) in [5.41, 5.74) is -0.123. The van der Waals surface area contributed by atoms with Gasteiger partial charge in [0.1, 0.15) is 6.04 Å². The van der Waals surface area contributed by atoms with Crippen molar-refractivity contribution in [1.82, 2.24) is 5.32 Å². The number of ether oxygens (including phenoxy) is 1. The van der Waals surface area contributed by atoms with Crippen LogP contribution in [-0.2, 0) is 25.1 Å². The number of benzene rings is 1. The second-order valence-corrected chi connectivity index (χ2v) is 5.54. The molecule has 0 aliphatic rings. The van der Waals surface area contributed by atoms with Crippen molar-refractivity contribution in [3.8, 4) is 0 Å². The van der Waals surface area contributed by atoms with E-state index in [4.69, 9.17) is 0 Å². The van der Waals surface area contributed by atoms with Crippen LogP contribution in [0.4, 0.5) is 5.69 Å². The number of esters is 1. The van der Waals surface area contributed by atoms with E-state index >= 15 is 0 Å². The Labute approximate surface area is 123 Å². The fourth-order valence-corrected chi connectivity index (χ4v) is 2.68. The lowest BCUT2D eigenvalue weighted by Gasteiger charge is -2.14. The van der Waals surface area contributed by atoms with E-state index in [2.05, 4.69) is 10.1 Å². The summed E-state index contributed by atoms with van der Waals surface area (Å²) in [6.07, 6.45) is 0. The van der Waals surface area contributed by atoms with Gasteiger partial charge in [-0.3, -0.25) is 19.1 Å². The first-order valence-corrected chi connectivity index (χ1v) is 7.14. The molecule has 0 saturated carbocycles. The zero-order valence-corrected chi connectivity index (χ0v) is 12.2. The standard InChI is InChI=1S/C12H14N2O6S/c1-8(15)13-11(12(16)20-2)7-21(19)10-5-3-9(4-6-10)14(17)18/h3-6,11H,7H2,1-2H3,(H,13,15). The Hall–Kier alpha value is -2.29. The van der Waals surface area contributed by atoms with Crippen LogP contribution in [-0.4, -0.2) is 39.9 Å². The maximum Gasteiger partial charge on any atom is 0.329 e. The summed E-state index contributed by atoms with van der Waals surface area (Å²) in [5.74, 6) is -1.34. The van der Waals surface area contributed by atoms with Gasteiger partial charge in [0, 0.05) is 24.0 Å². The molecule has 0 aliphatic heterocycles. The second-order valence-electron chi connectivity index (χ2n) is 4.04. The number of non-ortho nitro benzene ring substituents is 1. The van der Waals surface area contributed by atoms with Gasteiger partial charge in [0.05, 0.1) is 28.6 Å². The predicted octanol–water partition coefficient (Wildman–Crippen LogP) is 0.380. The highest BCUT2D eigenvalue weighted by atomic mass is 32.2. The van der Waals surface area contributed by atoms with Gasteiger partial charge in [-0.05, 0) is 12.1 Å². The van der Waals surface area contributed by atoms with Gasteiger partial charge < -0.3 is 10.1 Å². The zero-order chi connectivity index (χ0) is 16.0. The summed E-state index contributed by atoms with van der Waals surface area (Å²) in [6.45, 7) is 1.23. The average Bonchev–Trinajstić information content (AvgIpc) is 2.45. The number of nitro groups is 1. The van der Waals surface area contributed by atoms with Gasteiger partial charge in [-0.1, -0.05) is 0 Å². The fraction of sp³-hybridized carbons (Fsp3) is 0.333. The molecular weight excluding hydrogens is 300 g/mol. The first-order valence-electron chi connectivity index (χ1n) is 5.83. The average molecular weight is 314 g/mol. The minimum absolute atomic E-state index is 0.123. The molecule has 1 amide bonds. The van der Waals surface area contributed by atoms with Gasteiger partial charge in [-0.2, -0.15) is 0 Å². The number of rotatable bonds is 6. The number of hydrogen-bond donors (Lipinski definition) is 1. The van der Waals surface area contributed by atoms with Gasteiger partial charge in [-0.15, -0.1) is 0 Å². The monoisotopic (exact) mass is 314 g/mol. The van der Waals surface area contributed by atoms with Crippen LogP contribution >= 0.6 is 0 Å². The predicted molar refractivity (Wildman–Crippen MR) is 74.0 cm³/mol. The molecule has 0 saturated heterocycles. The summed E-state index contributed by atoms with van der Waals surface area (Å²) in [7, 11) is -0.453. The van der Waals surface area contributed by atoms with Crippen molar-refractivity contribution in [2.24, 2.45) is 0 Å². The zero-order valence-electron chi connectivity index (χ0n) is 11.4. The largest absolute Gasteiger partial charge is 0.467 e. The highest BCUT2D eigenvalue weighted by molar-refractivity contribution is 7.85. The van der Waals surface area contributed by atoms with Gasteiger partial charge in [-0.25, -0.2) is 4.79 Å². The van der Waals surface area contributed by atoms with Crippen LogP contribution in [0.1, 0.15) is 6.92 Å². The van der Waals surface area contributed by atoms with Crippen molar-refractivity contribution in [2.45, 2.75) is 17.9 Å². The van der Waals surface area contributed by atoms with Crippen molar-refractivity contribution in [1.29, 1.82) is 0 Å². The Kier molecular flexibility index (Phi) is 5.97. The van der Waals surface area contributed by atoms with Crippen LogP contribution in [0.3, 0.4) is 0 Å². The topological polar surface area (TPSA) is 116 Å². The van der Waals surface area contributed by atoms with E-state index < -0.39 is 33.6 Å². The third-order valence-electron chi connectivity index (χ3n) is 2.49. The van der Waals surface area contributed by atoms with Crippen LogP contribution < -0.4 is 5.32 Å². The van der Waals surface area contributed by atoms with Crippen molar-refractivity contribution < 1.29 is 23.5 Å². The van der Waals surface area contributed by atoms with Crippen LogP contribution in [0.25, 0.3) is 0 Å². The highest BCUT2D eigenvalue weighted by Gasteiger charge is 2.23. The number of carbonyl (C=O) groups is 2. The van der Waals surface area contributed by atoms with Gasteiger partial charge in [0.2, 0.25) is 5.91 Å². The molecule has 1 rings (SSSR count). The molecule has 114 valence electrons. The molecule has 1 aromatic rings. The summed E-state index contributed by atoms with van der Waals surface area (Å²) >= 11 is 0. The summed E-state index contributed by atoms with van der Waals surface area (Å²) < 4.78 is 16.6. The Morgan fingerprint density at radius 3 is 2.38 bits per heavy atom. The van der Waals surface area contributed by atoms with Crippen LogP contribution in [0.15, 0.2) is 29.2 Å². The van der Waals surface area contributed by atoms with E-state index in [-0.39, 0.29) is 11.4 Å². The lowest BCUT2D eigenvalue weighted by Crippen LogP contribution is -2.44. The minimum atomic E-state index is -1.61. The molecule has 2 unspecified atom stereocenters. The Morgan fingerprint density at radius 1 is 1.38 bits per heavy atom. The number of carbonyl (C=O) groups excluding carboxylic acids is 2. The molecule has 8 nitrogen and oxygen atoms in total. The van der Waals surface area contributed by atoms with Gasteiger partial charge in [0.25, 0.3) is 5.69 Å². The molecule has 0 bridgehead atoms. The molecule has 0 fully saturated rings. The van der Waals surface area contributed by atoms with Crippen molar-refractivity contribution in [3.05, 3.63) is 34.4 Å². The highest BCUT2D eigenvalue weighted by Crippen LogP contribution is 2.15.